The SMILES string of the molecule is c1ccc2c(-c3c4ccccc4c(-c4ccc(-c5ccc6c(c5)oc5c6ccc6c7ccc8ccccc8c7oc65)c5ccccc45)c4ccccc34)cccc2c1. The maximum atomic E-state index is 6.75. The van der Waals surface area contributed by atoms with Crippen molar-refractivity contribution in [2.75, 3.05) is 0 Å². The molecule has 0 unspecified atom stereocenters. The monoisotopic (exact) mass is 736 g/mol. The molecule has 13 aromatic rings. The Labute approximate surface area is 332 Å². The van der Waals surface area contributed by atoms with Gasteiger partial charge in [-0.2, -0.15) is 0 Å². The van der Waals surface area contributed by atoms with Gasteiger partial charge >= 0.3 is 0 Å². The second kappa shape index (κ2) is 11.9. The summed E-state index contributed by atoms with van der Waals surface area (Å²) in [5.74, 6) is 0. The van der Waals surface area contributed by atoms with Crippen LogP contribution in [0.25, 0.3) is 131 Å². The first-order chi connectivity index (χ1) is 28.8. The molecule has 0 saturated carbocycles. The Morgan fingerprint density at radius 1 is 0.241 bits per heavy atom. The Morgan fingerprint density at radius 2 is 0.690 bits per heavy atom. The molecule has 0 saturated heterocycles. The zero-order valence-corrected chi connectivity index (χ0v) is 31.3. The van der Waals surface area contributed by atoms with Crippen LogP contribution in [0.4, 0.5) is 0 Å². The van der Waals surface area contributed by atoms with Gasteiger partial charge in [0.25, 0.3) is 0 Å². The number of benzene rings is 11. The summed E-state index contributed by atoms with van der Waals surface area (Å²) in [7, 11) is 0. The number of hydrogen-bond acceptors (Lipinski definition) is 2. The third kappa shape index (κ3) is 4.37. The Kier molecular flexibility index (Phi) is 6.47. The molecule has 0 radical (unpaired) electrons. The van der Waals surface area contributed by atoms with Crippen LogP contribution in [0.1, 0.15) is 0 Å². The van der Waals surface area contributed by atoms with Gasteiger partial charge in [0.2, 0.25) is 0 Å². The first kappa shape index (κ1) is 31.5. The Morgan fingerprint density at radius 3 is 1.38 bits per heavy atom. The number of hydrogen-bond donors (Lipinski definition) is 0. The van der Waals surface area contributed by atoms with Gasteiger partial charge in [-0.05, 0) is 112 Å². The molecule has 2 heteroatoms. The molecule has 0 fully saturated rings. The van der Waals surface area contributed by atoms with Gasteiger partial charge in [0.1, 0.15) is 11.2 Å². The van der Waals surface area contributed by atoms with E-state index in [0.29, 0.717) is 0 Å². The van der Waals surface area contributed by atoms with Gasteiger partial charge in [-0.15, -0.1) is 0 Å². The van der Waals surface area contributed by atoms with E-state index >= 15 is 0 Å². The molecular formula is C56H32O2. The number of rotatable bonds is 3. The third-order valence-electron chi connectivity index (χ3n) is 12.5. The van der Waals surface area contributed by atoms with Gasteiger partial charge in [0.05, 0.1) is 0 Å². The summed E-state index contributed by atoms with van der Waals surface area (Å²) in [5, 5.41) is 16.5. The summed E-state index contributed by atoms with van der Waals surface area (Å²) in [5.41, 5.74) is 10.6. The number of furan rings is 2. The van der Waals surface area contributed by atoms with E-state index in [2.05, 4.69) is 194 Å². The Balaban J connectivity index is 1.02. The molecular weight excluding hydrogens is 705 g/mol. The lowest BCUT2D eigenvalue weighted by atomic mass is 9.83. The van der Waals surface area contributed by atoms with E-state index in [1.165, 1.54) is 70.9 Å². The molecule has 0 aliphatic rings. The van der Waals surface area contributed by atoms with Crippen molar-refractivity contribution in [2.45, 2.75) is 0 Å². The van der Waals surface area contributed by atoms with E-state index in [1.54, 1.807) is 0 Å². The maximum absolute atomic E-state index is 6.75. The fourth-order valence-electron chi connectivity index (χ4n) is 9.88. The molecule has 0 amide bonds. The van der Waals surface area contributed by atoms with Gasteiger partial charge in [0.15, 0.2) is 11.2 Å². The number of fused-ring (bicyclic) bond motifs is 13. The average Bonchev–Trinajstić information content (AvgIpc) is 3.86. The van der Waals surface area contributed by atoms with Crippen molar-refractivity contribution in [3.05, 3.63) is 194 Å². The van der Waals surface area contributed by atoms with Crippen LogP contribution in [0.2, 0.25) is 0 Å². The predicted molar refractivity (Wildman–Crippen MR) is 245 cm³/mol. The second-order valence-electron chi connectivity index (χ2n) is 15.5. The van der Waals surface area contributed by atoms with Crippen LogP contribution in [-0.2, 0) is 0 Å². The average molecular weight is 737 g/mol. The quantitative estimate of drug-likeness (QED) is 0.169. The molecule has 58 heavy (non-hydrogen) atoms. The summed E-state index contributed by atoms with van der Waals surface area (Å²) in [6.45, 7) is 0. The first-order valence-corrected chi connectivity index (χ1v) is 19.9. The predicted octanol–water partition coefficient (Wildman–Crippen LogP) is 16.3. The molecule has 2 nitrogen and oxygen atoms in total. The van der Waals surface area contributed by atoms with E-state index in [4.69, 9.17) is 8.83 Å². The highest BCUT2D eigenvalue weighted by Crippen LogP contribution is 2.48. The van der Waals surface area contributed by atoms with Gasteiger partial charge in [0, 0.05) is 26.9 Å². The largest absolute Gasteiger partial charge is 0.452 e. The molecule has 2 aromatic heterocycles. The molecule has 0 aliphatic carbocycles. The summed E-state index contributed by atoms with van der Waals surface area (Å²) in [4.78, 5) is 0. The Hall–Kier alpha value is -7.68. The van der Waals surface area contributed by atoms with Crippen LogP contribution in [0.5, 0.6) is 0 Å². The van der Waals surface area contributed by atoms with E-state index in [-0.39, 0.29) is 0 Å². The fourth-order valence-corrected chi connectivity index (χ4v) is 9.88. The highest BCUT2D eigenvalue weighted by atomic mass is 16.4. The fraction of sp³-hybridized carbons (Fsp3) is 0. The lowest BCUT2D eigenvalue weighted by molar-refractivity contribution is 0.635. The summed E-state index contributed by atoms with van der Waals surface area (Å²) >= 11 is 0. The zero-order valence-electron chi connectivity index (χ0n) is 31.3. The summed E-state index contributed by atoms with van der Waals surface area (Å²) in [6.07, 6.45) is 0. The molecule has 0 bridgehead atoms. The molecule has 0 spiro atoms. The highest BCUT2D eigenvalue weighted by molar-refractivity contribution is 6.26. The summed E-state index contributed by atoms with van der Waals surface area (Å²) in [6, 6.07) is 70.5. The van der Waals surface area contributed by atoms with Crippen LogP contribution in [0.15, 0.2) is 203 Å². The van der Waals surface area contributed by atoms with Crippen molar-refractivity contribution < 1.29 is 8.83 Å². The minimum Gasteiger partial charge on any atom is -0.452 e. The van der Waals surface area contributed by atoms with Crippen LogP contribution in [0, 0.1) is 0 Å². The first-order valence-electron chi connectivity index (χ1n) is 19.9. The Bertz CT molecular complexity index is 3800. The van der Waals surface area contributed by atoms with Gasteiger partial charge < -0.3 is 8.83 Å². The molecule has 0 N–H and O–H groups in total. The van der Waals surface area contributed by atoms with Crippen molar-refractivity contribution >= 4 is 97.7 Å². The van der Waals surface area contributed by atoms with Crippen LogP contribution in [0.3, 0.4) is 0 Å². The van der Waals surface area contributed by atoms with Gasteiger partial charge in [-0.25, -0.2) is 0 Å². The molecule has 0 atom stereocenters. The van der Waals surface area contributed by atoms with Crippen molar-refractivity contribution in [1.29, 1.82) is 0 Å². The van der Waals surface area contributed by atoms with Crippen molar-refractivity contribution in [1.82, 2.24) is 0 Å². The topological polar surface area (TPSA) is 26.3 Å². The van der Waals surface area contributed by atoms with E-state index in [0.717, 1.165) is 60.2 Å². The molecule has 11 aromatic carbocycles. The molecule has 2 heterocycles. The molecule has 268 valence electrons. The molecule has 0 aliphatic heterocycles. The lowest BCUT2D eigenvalue weighted by Crippen LogP contribution is -1.93. The minimum absolute atomic E-state index is 0.788. The molecule has 13 rings (SSSR count). The van der Waals surface area contributed by atoms with Gasteiger partial charge in [-0.1, -0.05) is 164 Å². The smallest absolute Gasteiger partial charge is 0.178 e. The van der Waals surface area contributed by atoms with Crippen LogP contribution in [-0.4, -0.2) is 0 Å². The van der Waals surface area contributed by atoms with E-state index in [1.807, 2.05) is 0 Å². The summed E-state index contributed by atoms with van der Waals surface area (Å²) < 4.78 is 13.4. The van der Waals surface area contributed by atoms with E-state index in [9.17, 15) is 0 Å². The standard InChI is InChI=1S/C56H32O2/c1-3-15-36-33(12-1)14-11-23-42(36)52-43-19-7-9-21-45(43)53(46-22-10-8-20-44(46)52)47-29-28-37(39-17-5-6-18-40(39)47)35-25-26-41-48-30-31-50-49-27-24-34-13-2-4-16-38(34)54(49)58-56(50)55(48)57-51(41)32-35/h1-32H. The van der Waals surface area contributed by atoms with Crippen molar-refractivity contribution in [2.24, 2.45) is 0 Å². The minimum atomic E-state index is 0.788. The second-order valence-corrected chi connectivity index (χ2v) is 15.5. The maximum Gasteiger partial charge on any atom is 0.178 e. The normalized spacial score (nSPS) is 12.1. The lowest BCUT2D eigenvalue weighted by Gasteiger charge is -2.20. The van der Waals surface area contributed by atoms with Crippen molar-refractivity contribution in [3.63, 3.8) is 0 Å². The van der Waals surface area contributed by atoms with E-state index < -0.39 is 0 Å². The third-order valence-corrected chi connectivity index (χ3v) is 12.5. The van der Waals surface area contributed by atoms with Crippen LogP contribution < -0.4 is 0 Å². The zero-order chi connectivity index (χ0) is 37.9. The van der Waals surface area contributed by atoms with Crippen molar-refractivity contribution in [3.8, 4) is 33.4 Å². The van der Waals surface area contributed by atoms with Gasteiger partial charge in [-0.3, -0.25) is 0 Å². The highest BCUT2D eigenvalue weighted by Gasteiger charge is 2.21. The van der Waals surface area contributed by atoms with Crippen LogP contribution >= 0.6 is 0 Å².